The third-order valence-electron chi connectivity index (χ3n) is 4.18. The van der Waals surface area contributed by atoms with Crippen LogP contribution in [0.5, 0.6) is 0 Å². The number of hydrogen-bond acceptors (Lipinski definition) is 2. The molecule has 1 aromatic rings. The molecule has 1 aromatic carbocycles. The summed E-state index contributed by atoms with van der Waals surface area (Å²) in [5, 5.41) is 2.99. The van der Waals surface area contributed by atoms with Crippen molar-refractivity contribution in [1.82, 2.24) is 0 Å². The average Bonchev–Trinajstić information content (AvgIpc) is 2.53. The van der Waals surface area contributed by atoms with E-state index < -0.39 is 0 Å². The summed E-state index contributed by atoms with van der Waals surface area (Å²) in [6.45, 7) is 3.91. The molecule has 0 unspecified atom stereocenters. The van der Waals surface area contributed by atoms with Crippen molar-refractivity contribution in [2.24, 2.45) is 5.92 Å². The predicted octanol–water partition coefficient (Wildman–Crippen LogP) is 4.17. The Morgan fingerprint density at radius 1 is 1.24 bits per heavy atom. The highest BCUT2D eigenvalue weighted by Gasteiger charge is 2.15. The number of ether oxygens (including phenoxy) is 1. The van der Waals surface area contributed by atoms with Crippen molar-refractivity contribution >= 4 is 11.6 Å². The SMILES string of the molecule is CCCCc1ccc(NC(=O)CCC2CCOCC2)cc1. The second-order valence-electron chi connectivity index (χ2n) is 5.94. The van der Waals surface area contributed by atoms with Crippen LogP contribution in [0.25, 0.3) is 0 Å². The molecule has 1 aliphatic rings. The fourth-order valence-electron chi connectivity index (χ4n) is 2.73. The Kier molecular flexibility index (Phi) is 6.74. The van der Waals surface area contributed by atoms with E-state index in [9.17, 15) is 4.79 Å². The number of aryl methyl sites for hydroxylation is 1. The van der Waals surface area contributed by atoms with Crippen LogP contribution in [0.2, 0.25) is 0 Å². The lowest BCUT2D eigenvalue weighted by Crippen LogP contribution is -2.18. The van der Waals surface area contributed by atoms with E-state index in [1.165, 1.54) is 18.4 Å². The van der Waals surface area contributed by atoms with Crippen molar-refractivity contribution in [3.63, 3.8) is 0 Å². The van der Waals surface area contributed by atoms with Gasteiger partial charge < -0.3 is 10.1 Å². The number of hydrogen-bond donors (Lipinski definition) is 1. The highest BCUT2D eigenvalue weighted by Crippen LogP contribution is 2.20. The predicted molar refractivity (Wildman–Crippen MR) is 86.5 cm³/mol. The molecule has 0 aliphatic carbocycles. The molecule has 0 bridgehead atoms. The normalized spacial score (nSPS) is 15.9. The molecule has 0 atom stereocenters. The maximum absolute atomic E-state index is 12.0. The van der Waals surface area contributed by atoms with Gasteiger partial charge in [0, 0.05) is 25.3 Å². The Labute approximate surface area is 128 Å². The van der Waals surface area contributed by atoms with Gasteiger partial charge in [-0.05, 0) is 55.7 Å². The van der Waals surface area contributed by atoms with E-state index in [4.69, 9.17) is 4.74 Å². The Morgan fingerprint density at radius 3 is 2.62 bits per heavy atom. The molecule has 1 saturated heterocycles. The minimum Gasteiger partial charge on any atom is -0.381 e. The van der Waals surface area contributed by atoms with Gasteiger partial charge in [0.25, 0.3) is 0 Å². The smallest absolute Gasteiger partial charge is 0.224 e. The number of nitrogens with one attached hydrogen (secondary N) is 1. The van der Waals surface area contributed by atoms with Crippen molar-refractivity contribution < 1.29 is 9.53 Å². The summed E-state index contributed by atoms with van der Waals surface area (Å²) in [4.78, 5) is 12.0. The minimum absolute atomic E-state index is 0.128. The summed E-state index contributed by atoms with van der Waals surface area (Å²) < 4.78 is 5.34. The van der Waals surface area contributed by atoms with E-state index in [1.54, 1.807) is 0 Å². The molecular formula is C18H27NO2. The molecular weight excluding hydrogens is 262 g/mol. The third kappa shape index (κ3) is 5.88. The highest BCUT2D eigenvalue weighted by molar-refractivity contribution is 5.90. The van der Waals surface area contributed by atoms with Crippen LogP contribution in [0.4, 0.5) is 5.69 Å². The zero-order chi connectivity index (χ0) is 14.9. The molecule has 116 valence electrons. The quantitative estimate of drug-likeness (QED) is 0.818. The lowest BCUT2D eigenvalue weighted by atomic mass is 9.95. The van der Waals surface area contributed by atoms with Crippen molar-refractivity contribution in [3.8, 4) is 0 Å². The molecule has 1 amide bonds. The van der Waals surface area contributed by atoms with Crippen LogP contribution in [0.1, 0.15) is 51.0 Å². The van der Waals surface area contributed by atoms with E-state index in [0.29, 0.717) is 12.3 Å². The minimum atomic E-state index is 0.128. The maximum atomic E-state index is 12.0. The number of carbonyl (C=O) groups is 1. The summed E-state index contributed by atoms with van der Waals surface area (Å²) in [5.74, 6) is 0.781. The van der Waals surface area contributed by atoms with Crippen LogP contribution < -0.4 is 5.32 Å². The van der Waals surface area contributed by atoms with Gasteiger partial charge in [-0.15, -0.1) is 0 Å². The fraction of sp³-hybridized carbons (Fsp3) is 0.611. The first-order valence-corrected chi connectivity index (χ1v) is 8.24. The first-order valence-electron chi connectivity index (χ1n) is 8.24. The van der Waals surface area contributed by atoms with Crippen molar-refractivity contribution in [1.29, 1.82) is 0 Å². The molecule has 1 heterocycles. The van der Waals surface area contributed by atoms with Gasteiger partial charge in [0.2, 0.25) is 5.91 Å². The summed E-state index contributed by atoms with van der Waals surface area (Å²) >= 11 is 0. The maximum Gasteiger partial charge on any atom is 0.224 e. The van der Waals surface area contributed by atoms with E-state index in [0.717, 1.165) is 44.6 Å². The zero-order valence-electron chi connectivity index (χ0n) is 13.1. The molecule has 1 fully saturated rings. The van der Waals surface area contributed by atoms with Gasteiger partial charge in [-0.2, -0.15) is 0 Å². The summed E-state index contributed by atoms with van der Waals surface area (Å²) in [6, 6.07) is 8.25. The van der Waals surface area contributed by atoms with E-state index in [-0.39, 0.29) is 5.91 Å². The standard InChI is InChI=1S/C18H27NO2/c1-2-3-4-15-5-8-17(9-6-15)19-18(20)10-7-16-11-13-21-14-12-16/h5-6,8-9,16H,2-4,7,10-14H2,1H3,(H,19,20). The molecule has 3 nitrogen and oxygen atoms in total. The van der Waals surface area contributed by atoms with Crippen LogP contribution >= 0.6 is 0 Å². The molecule has 0 saturated carbocycles. The molecule has 0 radical (unpaired) electrons. The molecule has 1 aliphatic heterocycles. The van der Waals surface area contributed by atoms with Gasteiger partial charge >= 0.3 is 0 Å². The van der Waals surface area contributed by atoms with Gasteiger partial charge in [0.15, 0.2) is 0 Å². The average molecular weight is 289 g/mol. The monoisotopic (exact) mass is 289 g/mol. The second kappa shape index (κ2) is 8.83. The molecule has 21 heavy (non-hydrogen) atoms. The fourth-order valence-corrected chi connectivity index (χ4v) is 2.73. The number of anilines is 1. The third-order valence-corrected chi connectivity index (χ3v) is 4.18. The molecule has 1 N–H and O–H groups in total. The van der Waals surface area contributed by atoms with Crippen molar-refractivity contribution in [3.05, 3.63) is 29.8 Å². The Balaban J connectivity index is 1.71. The van der Waals surface area contributed by atoms with E-state index >= 15 is 0 Å². The highest BCUT2D eigenvalue weighted by atomic mass is 16.5. The number of benzene rings is 1. The van der Waals surface area contributed by atoms with Gasteiger partial charge in [0.05, 0.1) is 0 Å². The second-order valence-corrected chi connectivity index (χ2v) is 5.94. The summed E-state index contributed by atoms with van der Waals surface area (Å²) in [5.41, 5.74) is 2.25. The van der Waals surface area contributed by atoms with Crippen LogP contribution in [0, 0.1) is 5.92 Å². The Hall–Kier alpha value is -1.35. The molecule has 2 rings (SSSR count). The van der Waals surface area contributed by atoms with Gasteiger partial charge in [0.1, 0.15) is 0 Å². The number of carbonyl (C=O) groups excluding carboxylic acids is 1. The van der Waals surface area contributed by atoms with E-state index in [1.807, 2.05) is 12.1 Å². The Bertz CT molecular complexity index is 421. The largest absolute Gasteiger partial charge is 0.381 e. The van der Waals surface area contributed by atoms with Crippen LogP contribution in [0.3, 0.4) is 0 Å². The summed E-state index contributed by atoms with van der Waals surface area (Å²) in [7, 11) is 0. The number of rotatable bonds is 7. The van der Waals surface area contributed by atoms with Crippen LogP contribution in [-0.4, -0.2) is 19.1 Å². The first-order chi connectivity index (χ1) is 10.3. The lowest BCUT2D eigenvalue weighted by Gasteiger charge is -2.21. The number of amides is 1. The topological polar surface area (TPSA) is 38.3 Å². The van der Waals surface area contributed by atoms with Crippen molar-refractivity contribution in [2.45, 2.75) is 51.9 Å². The lowest BCUT2D eigenvalue weighted by molar-refractivity contribution is -0.116. The van der Waals surface area contributed by atoms with Crippen LogP contribution in [0.15, 0.2) is 24.3 Å². The zero-order valence-corrected chi connectivity index (χ0v) is 13.1. The van der Waals surface area contributed by atoms with Gasteiger partial charge in [-0.3, -0.25) is 4.79 Å². The molecule has 0 aromatic heterocycles. The number of unbranched alkanes of at least 4 members (excludes halogenated alkanes) is 1. The van der Waals surface area contributed by atoms with Crippen molar-refractivity contribution in [2.75, 3.05) is 18.5 Å². The van der Waals surface area contributed by atoms with Gasteiger partial charge in [-0.25, -0.2) is 0 Å². The molecule has 0 spiro atoms. The van der Waals surface area contributed by atoms with E-state index in [2.05, 4.69) is 24.4 Å². The summed E-state index contributed by atoms with van der Waals surface area (Å²) in [6.07, 6.45) is 7.33. The molecule has 3 heteroatoms. The van der Waals surface area contributed by atoms with Gasteiger partial charge in [-0.1, -0.05) is 25.5 Å². The van der Waals surface area contributed by atoms with Crippen LogP contribution in [-0.2, 0) is 16.0 Å². The first kappa shape index (κ1) is 16.0. The Morgan fingerprint density at radius 2 is 1.95 bits per heavy atom.